The second-order valence-electron chi connectivity index (χ2n) is 5.84. The largest absolute Gasteiger partial charge is 0.504 e. The fraction of sp³-hybridized carbons (Fsp3) is 0.375. The lowest BCUT2D eigenvalue weighted by Gasteiger charge is -2.22. The average Bonchev–Trinajstić information content (AvgIpc) is 3.27. The summed E-state index contributed by atoms with van der Waals surface area (Å²) < 4.78 is 43.0. The number of benzene rings is 1. The lowest BCUT2D eigenvalue weighted by Crippen LogP contribution is -2.32. The van der Waals surface area contributed by atoms with Crippen LogP contribution in [0.1, 0.15) is 34.6 Å². The first-order valence-corrected chi connectivity index (χ1v) is 7.59. The standard InChI is InChI=1S/C16H16F3N3O3/c1-25-13-6-9(2-5-12(13)23)8-22(10-3-4-10)15(24)11-7-14(21-20-11)16(17,18)19/h2,5-7,10,23H,3-4,8H2,1H3,(H,20,21). The number of hydrogen-bond donors (Lipinski definition) is 2. The van der Waals surface area contributed by atoms with E-state index in [1.54, 1.807) is 12.1 Å². The van der Waals surface area contributed by atoms with E-state index in [0.29, 0.717) is 5.56 Å². The quantitative estimate of drug-likeness (QED) is 0.864. The highest BCUT2D eigenvalue weighted by molar-refractivity contribution is 5.92. The number of phenols is 1. The van der Waals surface area contributed by atoms with E-state index in [1.165, 1.54) is 18.1 Å². The summed E-state index contributed by atoms with van der Waals surface area (Å²) in [6.45, 7) is 0.189. The molecule has 1 fully saturated rings. The maximum atomic E-state index is 12.7. The van der Waals surface area contributed by atoms with Crippen LogP contribution in [0.2, 0.25) is 0 Å². The molecule has 25 heavy (non-hydrogen) atoms. The average molecular weight is 355 g/mol. The van der Waals surface area contributed by atoms with E-state index in [4.69, 9.17) is 4.74 Å². The summed E-state index contributed by atoms with van der Waals surface area (Å²) in [5, 5.41) is 15.0. The van der Waals surface area contributed by atoms with E-state index in [0.717, 1.165) is 18.9 Å². The van der Waals surface area contributed by atoms with Crippen LogP contribution in [0.25, 0.3) is 0 Å². The van der Waals surface area contributed by atoms with Gasteiger partial charge in [-0.15, -0.1) is 0 Å². The topological polar surface area (TPSA) is 78.5 Å². The van der Waals surface area contributed by atoms with Crippen molar-refractivity contribution < 1.29 is 27.8 Å². The molecule has 1 heterocycles. The molecule has 0 saturated heterocycles. The molecule has 1 saturated carbocycles. The van der Waals surface area contributed by atoms with Gasteiger partial charge in [-0.05, 0) is 30.5 Å². The summed E-state index contributed by atoms with van der Waals surface area (Å²) in [7, 11) is 1.41. The summed E-state index contributed by atoms with van der Waals surface area (Å²) in [5.74, 6) is -0.334. The van der Waals surface area contributed by atoms with Gasteiger partial charge in [0.15, 0.2) is 17.2 Å². The Morgan fingerprint density at radius 1 is 1.40 bits per heavy atom. The Balaban J connectivity index is 1.82. The van der Waals surface area contributed by atoms with E-state index >= 15 is 0 Å². The Labute approximate surface area is 141 Å². The van der Waals surface area contributed by atoms with Crippen molar-refractivity contribution in [2.75, 3.05) is 7.11 Å². The molecule has 0 atom stereocenters. The number of nitrogens with one attached hydrogen (secondary N) is 1. The van der Waals surface area contributed by atoms with Crippen molar-refractivity contribution in [1.82, 2.24) is 15.1 Å². The number of carbonyl (C=O) groups is 1. The number of amides is 1. The lowest BCUT2D eigenvalue weighted by atomic mass is 10.1. The summed E-state index contributed by atoms with van der Waals surface area (Å²) in [6.07, 6.45) is -3.00. The first-order chi connectivity index (χ1) is 11.8. The van der Waals surface area contributed by atoms with Crippen LogP contribution in [0.3, 0.4) is 0 Å². The summed E-state index contributed by atoms with van der Waals surface area (Å²) in [4.78, 5) is 14.1. The Morgan fingerprint density at radius 3 is 2.68 bits per heavy atom. The molecule has 0 aliphatic heterocycles. The van der Waals surface area contributed by atoms with Crippen LogP contribution in [-0.2, 0) is 12.7 Å². The van der Waals surface area contributed by atoms with Crippen molar-refractivity contribution in [3.63, 3.8) is 0 Å². The number of nitrogens with zero attached hydrogens (tertiary/aromatic N) is 2. The molecule has 0 spiro atoms. The Hall–Kier alpha value is -2.71. The molecule has 6 nitrogen and oxygen atoms in total. The van der Waals surface area contributed by atoms with Gasteiger partial charge in [-0.3, -0.25) is 9.89 Å². The first-order valence-electron chi connectivity index (χ1n) is 7.59. The van der Waals surface area contributed by atoms with Gasteiger partial charge in [-0.25, -0.2) is 0 Å². The predicted octanol–water partition coefficient (Wildman–Crippen LogP) is 2.95. The SMILES string of the molecule is COc1cc(CN(C(=O)c2cc(C(F)(F)F)[nH]n2)C2CC2)ccc1O. The highest BCUT2D eigenvalue weighted by atomic mass is 19.4. The second kappa shape index (κ2) is 6.30. The van der Waals surface area contributed by atoms with Gasteiger partial charge in [0.25, 0.3) is 5.91 Å². The van der Waals surface area contributed by atoms with Crippen LogP contribution < -0.4 is 4.74 Å². The van der Waals surface area contributed by atoms with Crippen molar-refractivity contribution in [3.05, 3.63) is 41.2 Å². The third-order valence-corrected chi connectivity index (χ3v) is 3.95. The monoisotopic (exact) mass is 355 g/mol. The van der Waals surface area contributed by atoms with Crippen molar-refractivity contribution in [2.45, 2.75) is 31.6 Å². The summed E-state index contributed by atoms with van der Waals surface area (Å²) in [5.41, 5.74) is -0.635. The van der Waals surface area contributed by atoms with Crippen molar-refractivity contribution in [3.8, 4) is 11.5 Å². The molecule has 0 unspecified atom stereocenters. The zero-order chi connectivity index (χ0) is 18.2. The van der Waals surface area contributed by atoms with Gasteiger partial charge >= 0.3 is 6.18 Å². The number of phenolic OH excluding ortho intramolecular Hbond substituents is 1. The molecule has 1 aromatic heterocycles. The van der Waals surface area contributed by atoms with Crippen LogP contribution in [0.5, 0.6) is 11.5 Å². The van der Waals surface area contributed by atoms with Crippen LogP contribution in [0, 0.1) is 0 Å². The predicted molar refractivity (Wildman–Crippen MR) is 81.1 cm³/mol. The van der Waals surface area contributed by atoms with E-state index in [2.05, 4.69) is 5.10 Å². The number of hydrogen-bond acceptors (Lipinski definition) is 4. The van der Waals surface area contributed by atoms with E-state index < -0.39 is 17.8 Å². The fourth-order valence-electron chi connectivity index (χ4n) is 2.49. The molecular formula is C16H16F3N3O3. The molecular weight excluding hydrogens is 339 g/mol. The number of aromatic amines is 1. The van der Waals surface area contributed by atoms with Gasteiger partial charge in [0.1, 0.15) is 5.69 Å². The summed E-state index contributed by atoms with van der Waals surface area (Å²) >= 11 is 0. The number of ether oxygens (including phenoxy) is 1. The second-order valence-corrected chi connectivity index (χ2v) is 5.84. The summed E-state index contributed by atoms with van der Waals surface area (Å²) in [6, 6.07) is 5.35. The Morgan fingerprint density at radius 2 is 2.12 bits per heavy atom. The Bertz CT molecular complexity index is 784. The highest BCUT2D eigenvalue weighted by Gasteiger charge is 2.37. The van der Waals surface area contributed by atoms with Crippen LogP contribution >= 0.6 is 0 Å². The molecule has 2 aromatic rings. The fourth-order valence-corrected chi connectivity index (χ4v) is 2.49. The molecule has 1 aliphatic carbocycles. The van der Waals surface area contributed by atoms with E-state index in [-0.39, 0.29) is 29.8 Å². The number of halogens is 3. The minimum atomic E-state index is -4.58. The molecule has 1 aromatic carbocycles. The molecule has 0 radical (unpaired) electrons. The van der Waals surface area contributed by atoms with Crippen molar-refractivity contribution >= 4 is 5.91 Å². The minimum Gasteiger partial charge on any atom is -0.504 e. The number of rotatable bonds is 5. The first kappa shape index (κ1) is 17.1. The zero-order valence-electron chi connectivity index (χ0n) is 13.3. The molecule has 1 aliphatic rings. The molecule has 0 bridgehead atoms. The number of aromatic hydroxyl groups is 1. The third kappa shape index (κ3) is 3.70. The minimum absolute atomic E-state index is 0.0293. The van der Waals surface area contributed by atoms with Gasteiger partial charge in [0.05, 0.1) is 7.11 Å². The zero-order valence-corrected chi connectivity index (χ0v) is 13.3. The van der Waals surface area contributed by atoms with Gasteiger partial charge in [0, 0.05) is 18.7 Å². The number of alkyl halides is 3. The number of H-pyrrole nitrogens is 1. The molecule has 2 N–H and O–H groups in total. The smallest absolute Gasteiger partial charge is 0.432 e. The van der Waals surface area contributed by atoms with Gasteiger partial charge in [-0.2, -0.15) is 18.3 Å². The normalized spacial score (nSPS) is 14.4. The van der Waals surface area contributed by atoms with Gasteiger partial charge in [-0.1, -0.05) is 6.07 Å². The number of carbonyl (C=O) groups excluding carboxylic acids is 1. The molecule has 1 amide bonds. The van der Waals surface area contributed by atoms with Gasteiger partial charge < -0.3 is 14.7 Å². The van der Waals surface area contributed by atoms with E-state index in [9.17, 15) is 23.1 Å². The number of aromatic nitrogens is 2. The van der Waals surface area contributed by atoms with Crippen LogP contribution in [-0.4, -0.2) is 39.3 Å². The van der Waals surface area contributed by atoms with Crippen molar-refractivity contribution in [2.24, 2.45) is 0 Å². The van der Waals surface area contributed by atoms with E-state index in [1.807, 2.05) is 5.10 Å². The van der Waals surface area contributed by atoms with Crippen LogP contribution in [0.4, 0.5) is 13.2 Å². The van der Waals surface area contributed by atoms with Crippen molar-refractivity contribution in [1.29, 1.82) is 0 Å². The maximum absolute atomic E-state index is 12.7. The Kier molecular flexibility index (Phi) is 4.32. The van der Waals surface area contributed by atoms with Crippen LogP contribution in [0.15, 0.2) is 24.3 Å². The molecule has 134 valence electrons. The molecule has 9 heteroatoms. The lowest BCUT2D eigenvalue weighted by molar-refractivity contribution is -0.141. The third-order valence-electron chi connectivity index (χ3n) is 3.95. The highest BCUT2D eigenvalue weighted by Crippen LogP contribution is 2.33. The van der Waals surface area contributed by atoms with Gasteiger partial charge in [0.2, 0.25) is 0 Å². The maximum Gasteiger partial charge on any atom is 0.432 e. The number of methoxy groups -OCH3 is 1. The molecule has 3 rings (SSSR count).